The Morgan fingerprint density at radius 3 is 3.00 bits per heavy atom. The van der Waals surface area contributed by atoms with E-state index in [9.17, 15) is 5.11 Å². The lowest BCUT2D eigenvalue weighted by Crippen LogP contribution is -2.12. The van der Waals surface area contributed by atoms with Gasteiger partial charge in [-0.25, -0.2) is 0 Å². The van der Waals surface area contributed by atoms with Crippen molar-refractivity contribution in [2.24, 2.45) is 0 Å². The van der Waals surface area contributed by atoms with Gasteiger partial charge in [-0.1, -0.05) is 21.9 Å². The van der Waals surface area contributed by atoms with Crippen LogP contribution in [0.5, 0.6) is 0 Å². The molecule has 0 spiro atoms. The highest BCUT2D eigenvalue weighted by molar-refractivity contribution is 9.11. The van der Waals surface area contributed by atoms with Crippen molar-refractivity contribution in [3.05, 3.63) is 10.1 Å². The lowest BCUT2D eigenvalue weighted by molar-refractivity contribution is 0.200. The smallest absolute Gasteiger partial charge is 0.0863 e. The SMILES string of the molecule is CC#CC1=C(Br)[C@H](O)CCC1. The van der Waals surface area contributed by atoms with E-state index in [1.165, 1.54) is 0 Å². The molecule has 0 radical (unpaired) electrons. The van der Waals surface area contributed by atoms with Crippen LogP contribution in [0, 0.1) is 11.8 Å². The standard InChI is InChI=1S/C9H11BrO/c1-2-4-7-5-3-6-8(11)9(7)10/h8,11H,3,5-6H2,1H3/t8-/m1/s1. The molecule has 1 aliphatic carbocycles. The average molecular weight is 215 g/mol. The minimum absolute atomic E-state index is 0.320. The Labute approximate surface area is 75.6 Å². The van der Waals surface area contributed by atoms with Crippen molar-refractivity contribution in [3.63, 3.8) is 0 Å². The molecule has 0 aromatic heterocycles. The quantitative estimate of drug-likeness (QED) is 0.614. The zero-order chi connectivity index (χ0) is 8.27. The number of aliphatic hydroxyl groups is 1. The van der Waals surface area contributed by atoms with Crippen LogP contribution >= 0.6 is 15.9 Å². The van der Waals surface area contributed by atoms with Crippen LogP contribution in [-0.4, -0.2) is 11.2 Å². The topological polar surface area (TPSA) is 20.2 Å². The second-order valence-electron chi connectivity index (χ2n) is 2.61. The van der Waals surface area contributed by atoms with Crippen LogP contribution in [0.2, 0.25) is 0 Å². The Kier molecular flexibility index (Phi) is 3.16. The van der Waals surface area contributed by atoms with E-state index in [1.807, 2.05) is 6.92 Å². The van der Waals surface area contributed by atoms with Gasteiger partial charge in [0.2, 0.25) is 0 Å². The normalized spacial score (nSPS) is 24.5. The third-order valence-corrected chi connectivity index (χ3v) is 2.77. The van der Waals surface area contributed by atoms with E-state index in [-0.39, 0.29) is 6.10 Å². The summed E-state index contributed by atoms with van der Waals surface area (Å²) in [5.74, 6) is 5.83. The summed E-state index contributed by atoms with van der Waals surface area (Å²) in [7, 11) is 0. The predicted molar refractivity (Wildman–Crippen MR) is 49.3 cm³/mol. The lowest BCUT2D eigenvalue weighted by Gasteiger charge is -2.17. The number of hydrogen-bond donors (Lipinski definition) is 1. The Balaban J connectivity index is 2.85. The second kappa shape index (κ2) is 3.94. The summed E-state index contributed by atoms with van der Waals surface area (Å²) >= 11 is 3.35. The molecule has 0 aromatic rings. The van der Waals surface area contributed by atoms with E-state index in [4.69, 9.17) is 0 Å². The average Bonchev–Trinajstić information content (AvgIpc) is 1.99. The molecule has 0 amide bonds. The number of halogens is 1. The first-order valence-electron chi connectivity index (χ1n) is 3.75. The summed E-state index contributed by atoms with van der Waals surface area (Å²) in [5, 5.41) is 9.40. The largest absolute Gasteiger partial charge is 0.388 e. The summed E-state index contributed by atoms with van der Waals surface area (Å²) in [6, 6.07) is 0. The Morgan fingerprint density at radius 2 is 2.36 bits per heavy atom. The maximum Gasteiger partial charge on any atom is 0.0863 e. The van der Waals surface area contributed by atoms with Gasteiger partial charge < -0.3 is 5.11 Å². The highest BCUT2D eigenvalue weighted by Crippen LogP contribution is 2.28. The number of aliphatic hydroxyl groups excluding tert-OH is 1. The van der Waals surface area contributed by atoms with Crippen molar-refractivity contribution < 1.29 is 5.11 Å². The maximum absolute atomic E-state index is 9.40. The predicted octanol–water partition coefficient (Wildman–Crippen LogP) is 2.20. The van der Waals surface area contributed by atoms with E-state index in [0.29, 0.717) is 0 Å². The Bertz CT molecular complexity index is 232. The fourth-order valence-electron chi connectivity index (χ4n) is 1.19. The molecule has 11 heavy (non-hydrogen) atoms. The van der Waals surface area contributed by atoms with Gasteiger partial charge in [0.1, 0.15) is 0 Å². The number of hydrogen-bond acceptors (Lipinski definition) is 1. The molecule has 1 aliphatic rings. The summed E-state index contributed by atoms with van der Waals surface area (Å²) < 4.78 is 0.887. The fourth-order valence-corrected chi connectivity index (χ4v) is 1.72. The van der Waals surface area contributed by atoms with Crippen LogP contribution in [0.1, 0.15) is 26.2 Å². The van der Waals surface area contributed by atoms with E-state index in [1.54, 1.807) is 0 Å². The number of rotatable bonds is 0. The molecule has 1 N–H and O–H groups in total. The zero-order valence-corrected chi connectivity index (χ0v) is 8.11. The van der Waals surface area contributed by atoms with E-state index < -0.39 is 0 Å². The van der Waals surface area contributed by atoms with Crippen LogP contribution in [0.15, 0.2) is 10.1 Å². The molecule has 0 saturated carbocycles. The minimum Gasteiger partial charge on any atom is -0.388 e. The first-order valence-corrected chi connectivity index (χ1v) is 4.54. The summed E-state index contributed by atoms with van der Waals surface area (Å²) in [6.45, 7) is 1.81. The van der Waals surface area contributed by atoms with Crippen molar-refractivity contribution in [2.45, 2.75) is 32.3 Å². The summed E-state index contributed by atoms with van der Waals surface area (Å²) in [4.78, 5) is 0. The molecule has 0 unspecified atom stereocenters. The highest BCUT2D eigenvalue weighted by Gasteiger charge is 2.17. The van der Waals surface area contributed by atoms with Gasteiger partial charge in [0.05, 0.1) is 6.10 Å². The molecule has 60 valence electrons. The van der Waals surface area contributed by atoms with Gasteiger partial charge in [0, 0.05) is 10.1 Å². The van der Waals surface area contributed by atoms with Crippen LogP contribution in [0.25, 0.3) is 0 Å². The minimum atomic E-state index is -0.320. The lowest BCUT2D eigenvalue weighted by atomic mass is 9.98. The van der Waals surface area contributed by atoms with Crippen molar-refractivity contribution in [1.29, 1.82) is 0 Å². The van der Waals surface area contributed by atoms with Crippen LogP contribution in [-0.2, 0) is 0 Å². The first kappa shape index (κ1) is 8.83. The van der Waals surface area contributed by atoms with Crippen LogP contribution < -0.4 is 0 Å². The van der Waals surface area contributed by atoms with E-state index in [0.717, 1.165) is 29.3 Å². The van der Waals surface area contributed by atoms with Crippen LogP contribution in [0.3, 0.4) is 0 Å². The fraction of sp³-hybridized carbons (Fsp3) is 0.556. The molecule has 0 bridgehead atoms. The molecular formula is C9H11BrO. The van der Waals surface area contributed by atoms with Gasteiger partial charge in [-0.2, -0.15) is 0 Å². The van der Waals surface area contributed by atoms with Gasteiger partial charge in [-0.15, -0.1) is 5.92 Å². The molecule has 0 fully saturated rings. The van der Waals surface area contributed by atoms with Gasteiger partial charge >= 0.3 is 0 Å². The molecule has 1 rings (SSSR count). The van der Waals surface area contributed by atoms with Gasteiger partial charge in [0.25, 0.3) is 0 Å². The summed E-state index contributed by atoms with van der Waals surface area (Å²) in [6.07, 6.45) is 2.58. The van der Waals surface area contributed by atoms with Crippen LogP contribution in [0.4, 0.5) is 0 Å². The van der Waals surface area contributed by atoms with Crippen molar-refractivity contribution in [3.8, 4) is 11.8 Å². The Hall–Kier alpha value is -0.260. The molecule has 1 nitrogen and oxygen atoms in total. The molecule has 0 aliphatic heterocycles. The Morgan fingerprint density at radius 1 is 1.64 bits per heavy atom. The number of allylic oxidation sites excluding steroid dienone is 1. The molecule has 0 heterocycles. The van der Waals surface area contributed by atoms with Crippen molar-refractivity contribution in [2.75, 3.05) is 0 Å². The highest BCUT2D eigenvalue weighted by atomic mass is 79.9. The molecule has 0 saturated heterocycles. The van der Waals surface area contributed by atoms with Gasteiger partial charge in [-0.05, 0) is 26.2 Å². The maximum atomic E-state index is 9.40. The summed E-state index contributed by atoms with van der Waals surface area (Å²) in [5.41, 5.74) is 1.06. The van der Waals surface area contributed by atoms with E-state index >= 15 is 0 Å². The molecular weight excluding hydrogens is 204 g/mol. The second-order valence-corrected chi connectivity index (χ2v) is 3.46. The third kappa shape index (κ3) is 2.08. The van der Waals surface area contributed by atoms with Gasteiger partial charge in [-0.3, -0.25) is 0 Å². The molecule has 2 heteroatoms. The van der Waals surface area contributed by atoms with Gasteiger partial charge in [0.15, 0.2) is 0 Å². The molecule has 1 atom stereocenters. The first-order chi connectivity index (χ1) is 5.25. The molecule has 0 aromatic carbocycles. The van der Waals surface area contributed by atoms with Crippen molar-refractivity contribution >= 4 is 15.9 Å². The van der Waals surface area contributed by atoms with Crippen molar-refractivity contribution in [1.82, 2.24) is 0 Å². The van der Waals surface area contributed by atoms with E-state index in [2.05, 4.69) is 27.8 Å². The monoisotopic (exact) mass is 214 g/mol. The zero-order valence-electron chi connectivity index (χ0n) is 6.52. The third-order valence-electron chi connectivity index (χ3n) is 1.76.